The first-order chi connectivity index (χ1) is 15.7. The Kier molecular flexibility index (Phi) is 5.57. The minimum Gasteiger partial charge on any atom is -0.324 e. The maximum Gasteiger partial charge on any atom is 0.277 e. The van der Waals surface area contributed by atoms with Gasteiger partial charge in [-0.05, 0) is 18.6 Å². The predicted molar refractivity (Wildman–Crippen MR) is 119 cm³/mol. The number of carbonyl (C=O) groups excluding carboxylic acids is 2. The van der Waals surface area contributed by atoms with Gasteiger partial charge in [0.2, 0.25) is 5.91 Å². The lowest BCUT2D eigenvalue weighted by Gasteiger charge is -2.30. The van der Waals surface area contributed by atoms with Crippen molar-refractivity contribution < 1.29 is 19.4 Å². The van der Waals surface area contributed by atoms with Crippen molar-refractivity contribution in [3.05, 3.63) is 109 Å². The average Bonchev–Trinajstić information content (AvgIpc) is 2.94. The fourth-order valence-corrected chi connectivity index (χ4v) is 3.91. The first-order valence-corrected chi connectivity index (χ1v) is 9.95. The SMILES string of the molecule is Cc1ccc2c(c1)[C@@H](c1ccccc1)N(C(=O)c1cc([N+](=O)[O-])cc([N+](=O)[O-])c1)CC(=O)N2. The van der Waals surface area contributed by atoms with Gasteiger partial charge in [0, 0.05) is 23.4 Å². The highest BCUT2D eigenvalue weighted by molar-refractivity contribution is 6.02. The topological polar surface area (TPSA) is 136 Å². The van der Waals surface area contributed by atoms with Crippen molar-refractivity contribution in [2.24, 2.45) is 0 Å². The number of benzene rings is 3. The molecule has 3 aromatic rings. The van der Waals surface area contributed by atoms with E-state index in [0.29, 0.717) is 16.8 Å². The van der Waals surface area contributed by atoms with E-state index in [2.05, 4.69) is 5.32 Å². The molecular weight excluding hydrogens is 428 g/mol. The zero-order valence-electron chi connectivity index (χ0n) is 17.4. The van der Waals surface area contributed by atoms with Crippen molar-refractivity contribution in [1.29, 1.82) is 0 Å². The number of nitrogens with zero attached hydrogens (tertiary/aromatic N) is 3. The minimum atomic E-state index is -0.799. The highest BCUT2D eigenvalue weighted by atomic mass is 16.6. The van der Waals surface area contributed by atoms with Crippen LogP contribution < -0.4 is 5.32 Å². The molecule has 0 saturated heterocycles. The van der Waals surface area contributed by atoms with E-state index < -0.39 is 39.1 Å². The van der Waals surface area contributed by atoms with E-state index in [4.69, 9.17) is 0 Å². The van der Waals surface area contributed by atoms with Crippen LogP contribution in [0.5, 0.6) is 0 Å². The van der Waals surface area contributed by atoms with Gasteiger partial charge in [0.05, 0.1) is 27.5 Å². The van der Waals surface area contributed by atoms with Gasteiger partial charge in [-0.2, -0.15) is 0 Å². The van der Waals surface area contributed by atoms with Crippen LogP contribution in [0.3, 0.4) is 0 Å². The molecule has 166 valence electrons. The molecule has 4 rings (SSSR count). The van der Waals surface area contributed by atoms with Crippen LogP contribution in [0.2, 0.25) is 0 Å². The second kappa shape index (κ2) is 8.50. The largest absolute Gasteiger partial charge is 0.324 e. The number of fused-ring (bicyclic) bond motifs is 1. The van der Waals surface area contributed by atoms with E-state index in [1.165, 1.54) is 4.90 Å². The third-order valence-electron chi connectivity index (χ3n) is 5.35. The van der Waals surface area contributed by atoms with Crippen LogP contribution in [-0.2, 0) is 4.79 Å². The number of nitro benzene ring substituents is 2. The molecule has 1 aliphatic rings. The van der Waals surface area contributed by atoms with E-state index >= 15 is 0 Å². The third kappa shape index (κ3) is 4.26. The second-order valence-corrected chi connectivity index (χ2v) is 7.64. The van der Waals surface area contributed by atoms with Crippen LogP contribution in [0, 0.1) is 27.2 Å². The molecule has 10 heteroatoms. The lowest BCUT2D eigenvalue weighted by Crippen LogP contribution is -2.39. The molecular formula is C23H18N4O6. The Morgan fingerprint density at radius 3 is 2.21 bits per heavy atom. The Bertz CT molecular complexity index is 1260. The van der Waals surface area contributed by atoms with Crippen molar-refractivity contribution in [3.8, 4) is 0 Å². The Hall–Kier alpha value is -4.60. The summed E-state index contributed by atoms with van der Waals surface area (Å²) >= 11 is 0. The van der Waals surface area contributed by atoms with E-state index in [9.17, 15) is 29.8 Å². The summed E-state index contributed by atoms with van der Waals surface area (Å²) in [5, 5.41) is 25.4. The number of nitrogens with one attached hydrogen (secondary N) is 1. The van der Waals surface area contributed by atoms with Crippen molar-refractivity contribution in [3.63, 3.8) is 0 Å². The maximum absolute atomic E-state index is 13.6. The van der Waals surface area contributed by atoms with Crippen LogP contribution in [-0.4, -0.2) is 33.1 Å². The Morgan fingerprint density at radius 2 is 1.61 bits per heavy atom. The summed E-state index contributed by atoms with van der Waals surface area (Å²) in [5.41, 5.74) is 1.41. The molecule has 0 bridgehead atoms. The van der Waals surface area contributed by atoms with Crippen LogP contribution in [0.15, 0.2) is 66.7 Å². The number of amides is 2. The number of nitro groups is 2. The lowest BCUT2D eigenvalue weighted by molar-refractivity contribution is -0.394. The number of carbonyl (C=O) groups is 2. The molecule has 33 heavy (non-hydrogen) atoms. The van der Waals surface area contributed by atoms with E-state index in [-0.39, 0.29) is 12.1 Å². The average molecular weight is 446 g/mol. The van der Waals surface area contributed by atoms with E-state index in [1.54, 1.807) is 18.2 Å². The summed E-state index contributed by atoms with van der Waals surface area (Å²) in [6, 6.07) is 16.5. The molecule has 1 N–H and O–H groups in total. The van der Waals surface area contributed by atoms with Crippen molar-refractivity contribution in [1.82, 2.24) is 4.90 Å². The fraction of sp³-hybridized carbons (Fsp3) is 0.130. The van der Waals surface area contributed by atoms with Crippen LogP contribution in [0.1, 0.15) is 33.1 Å². The molecule has 0 aromatic heterocycles. The van der Waals surface area contributed by atoms with Gasteiger partial charge in [-0.1, -0.05) is 48.0 Å². The molecule has 1 aliphatic heterocycles. The molecule has 0 saturated carbocycles. The summed E-state index contributed by atoms with van der Waals surface area (Å²) in [6.45, 7) is 1.54. The number of hydrogen-bond acceptors (Lipinski definition) is 6. The molecule has 0 radical (unpaired) electrons. The number of non-ortho nitro benzene ring substituents is 2. The van der Waals surface area contributed by atoms with Crippen LogP contribution in [0.25, 0.3) is 0 Å². The molecule has 0 unspecified atom stereocenters. The zero-order chi connectivity index (χ0) is 23.7. The standard InChI is InChI=1S/C23H18N4O6/c1-14-7-8-20-19(9-14)22(15-5-3-2-4-6-15)25(13-21(28)24-20)23(29)16-10-17(26(30)31)12-18(11-16)27(32)33/h2-12,22H,13H2,1H3,(H,24,28)/t22-/m1/s1. The minimum absolute atomic E-state index is 0.249. The predicted octanol–water partition coefficient (Wildman–Crippen LogP) is 4.00. The summed E-state index contributed by atoms with van der Waals surface area (Å²) in [7, 11) is 0. The van der Waals surface area contributed by atoms with Gasteiger partial charge in [0.1, 0.15) is 6.54 Å². The van der Waals surface area contributed by atoms with Crippen LogP contribution in [0.4, 0.5) is 17.1 Å². The normalized spacial score (nSPS) is 15.2. The van der Waals surface area contributed by atoms with Gasteiger partial charge in [-0.3, -0.25) is 29.8 Å². The number of anilines is 1. The van der Waals surface area contributed by atoms with Gasteiger partial charge in [0.25, 0.3) is 17.3 Å². The molecule has 2 amide bonds. The molecule has 1 heterocycles. The maximum atomic E-state index is 13.6. The molecule has 10 nitrogen and oxygen atoms in total. The first kappa shape index (κ1) is 21.6. The Labute approximate surface area is 187 Å². The smallest absolute Gasteiger partial charge is 0.277 e. The van der Waals surface area contributed by atoms with Gasteiger partial charge in [-0.15, -0.1) is 0 Å². The molecule has 0 aliphatic carbocycles. The monoisotopic (exact) mass is 446 g/mol. The summed E-state index contributed by atoms with van der Waals surface area (Å²) in [6.07, 6.45) is 0. The van der Waals surface area contributed by atoms with Crippen molar-refractivity contribution in [2.45, 2.75) is 13.0 Å². The third-order valence-corrected chi connectivity index (χ3v) is 5.35. The summed E-state index contributed by atoms with van der Waals surface area (Å²) in [5.74, 6) is -1.19. The Morgan fingerprint density at radius 1 is 0.970 bits per heavy atom. The van der Waals surface area contributed by atoms with Crippen molar-refractivity contribution in [2.75, 3.05) is 11.9 Å². The van der Waals surface area contributed by atoms with Gasteiger partial charge in [0.15, 0.2) is 0 Å². The number of aryl methyl sites for hydroxylation is 1. The molecule has 3 aromatic carbocycles. The number of rotatable bonds is 4. The molecule has 1 atom stereocenters. The second-order valence-electron chi connectivity index (χ2n) is 7.64. The number of hydrogen-bond donors (Lipinski definition) is 1. The first-order valence-electron chi connectivity index (χ1n) is 9.95. The molecule has 0 spiro atoms. The van der Waals surface area contributed by atoms with E-state index in [1.807, 2.05) is 37.3 Å². The zero-order valence-corrected chi connectivity index (χ0v) is 17.4. The van der Waals surface area contributed by atoms with Crippen molar-refractivity contribution >= 4 is 28.9 Å². The Balaban J connectivity index is 1.91. The summed E-state index contributed by atoms with van der Waals surface area (Å²) < 4.78 is 0. The highest BCUT2D eigenvalue weighted by Gasteiger charge is 2.35. The quantitative estimate of drug-likeness (QED) is 0.475. The van der Waals surface area contributed by atoms with Crippen LogP contribution >= 0.6 is 0 Å². The van der Waals surface area contributed by atoms with Gasteiger partial charge < -0.3 is 10.2 Å². The highest BCUT2D eigenvalue weighted by Crippen LogP contribution is 2.37. The van der Waals surface area contributed by atoms with Gasteiger partial charge in [-0.25, -0.2) is 0 Å². The van der Waals surface area contributed by atoms with Gasteiger partial charge >= 0.3 is 0 Å². The van der Waals surface area contributed by atoms with E-state index in [0.717, 1.165) is 23.8 Å². The fourth-order valence-electron chi connectivity index (χ4n) is 3.91. The molecule has 0 fully saturated rings. The lowest BCUT2D eigenvalue weighted by atomic mass is 9.94. The summed E-state index contributed by atoms with van der Waals surface area (Å²) in [4.78, 5) is 48.6.